The van der Waals surface area contributed by atoms with E-state index in [4.69, 9.17) is 15.9 Å². The average Bonchev–Trinajstić information content (AvgIpc) is 3.05. The van der Waals surface area contributed by atoms with E-state index in [1.54, 1.807) is 10.7 Å². The number of fused-ring (bicyclic) bond motifs is 1. The number of nitrogens with zero attached hydrogens (tertiary/aromatic N) is 2. The second kappa shape index (κ2) is 5.32. The van der Waals surface area contributed by atoms with Crippen molar-refractivity contribution in [3.8, 4) is 0 Å². The van der Waals surface area contributed by atoms with E-state index in [2.05, 4.69) is 10.4 Å². The van der Waals surface area contributed by atoms with E-state index < -0.39 is 18.3 Å². The maximum Gasteiger partial charge on any atom is 0.126 e. The molecule has 3 unspecified atom stereocenters. The van der Waals surface area contributed by atoms with Gasteiger partial charge in [-0.1, -0.05) is 0 Å². The Bertz CT molecular complexity index is 671. The van der Waals surface area contributed by atoms with E-state index in [1.807, 2.05) is 12.1 Å². The molecule has 0 spiro atoms. The van der Waals surface area contributed by atoms with E-state index in [-0.39, 0.29) is 12.4 Å². The quantitative estimate of drug-likeness (QED) is 0.369. The van der Waals surface area contributed by atoms with Crippen molar-refractivity contribution in [3.63, 3.8) is 0 Å². The van der Waals surface area contributed by atoms with Crippen LogP contribution in [0.4, 0.5) is 5.69 Å². The van der Waals surface area contributed by atoms with Crippen LogP contribution < -0.4 is 11.1 Å². The number of nitrogens with two attached hydrogens (primary N) is 1. The molecule has 0 radical (unpaired) electrons. The Hall–Kier alpha value is -2.16. The third-order valence-corrected chi connectivity index (χ3v) is 3.59. The number of aliphatic hydroxyl groups excluding tert-OH is 2. The zero-order valence-corrected chi connectivity index (χ0v) is 11.2. The lowest BCUT2D eigenvalue weighted by atomic mass is 10.1. The molecule has 21 heavy (non-hydrogen) atoms. The van der Waals surface area contributed by atoms with Gasteiger partial charge in [-0.2, -0.15) is 5.10 Å². The van der Waals surface area contributed by atoms with Gasteiger partial charge in [0.1, 0.15) is 24.1 Å². The number of rotatable bonds is 4. The maximum atomic E-state index is 9.79. The van der Waals surface area contributed by atoms with Crippen molar-refractivity contribution in [2.75, 3.05) is 18.5 Å². The predicted molar refractivity (Wildman–Crippen MR) is 76.5 cm³/mol. The Morgan fingerprint density at radius 1 is 1.57 bits per heavy atom. The number of hydrogen-bond donors (Lipinski definition) is 5. The van der Waals surface area contributed by atoms with Gasteiger partial charge < -0.3 is 26.0 Å². The van der Waals surface area contributed by atoms with Crippen molar-refractivity contribution in [2.45, 2.75) is 18.3 Å². The Morgan fingerprint density at radius 2 is 2.38 bits per heavy atom. The molecule has 1 fully saturated rings. The first-order chi connectivity index (χ1) is 10.1. The smallest absolute Gasteiger partial charge is 0.126 e. The van der Waals surface area contributed by atoms with Crippen molar-refractivity contribution in [1.29, 1.82) is 5.41 Å². The number of ether oxygens (including phenoxy) is 1. The molecule has 1 aliphatic heterocycles. The molecule has 0 aliphatic carbocycles. The number of amidine groups is 1. The molecule has 0 bridgehead atoms. The Morgan fingerprint density at radius 3 is 3.05 bits per heavy atom. The minimum absolute atomic E-state index is 0.0957. The average molecular weight is 291 g/mol. The molecule has 6 N–H and O–H groups in total. The largest absolute Gasteiger partial charge is 0.388 e. The molecule has 0 aromatic carbocycles. The first-order valence-electron chi connectivity index (χ1n) is 6.60. The summed E-state index contributed by atoms with van der Waals surface area (Å²) < 4.78 is 6.99. The second-order valence-corrected chi connectivity index (χ2v) is 5.00. The number of aliphatic hydroxyl groups is 2. The number of nitrogens with one attached hydrogen (secondary N) is 2. The van der Waals surface area contributed by atoms with Gasteiger partial charge in [-0.25, -0.2) is 4.52 Å². The highest BCUT2D eigenvalue weighted by atomic mass is 16.5. The molecule has 1 aliphatic rings. The third kappa shape index (κ3) is 2.44. The van der Waals surface area contributed by atoms with Crippen LogP contribution in [0, 0.1) is 5.41 Å². The molecular formula is C13H17N5O3. The number of hydrogen-bond acceptors (Lipinski definition) is 6. The third-order valence-electron chi connectivity index (χ3n) is 3.59. The van der Waals surface area contributed by atoms with Gasteiger partial charge in [0.15, 0.2) is 0 Å². The van der Waals surface area contributed by atoms with Crippen LogP contribution in [-0.4, -0.2) is 57.1 Å². The molecule has 2 aromatic heterocycles. The van der Waals surface area contributed by atoms with Gasteiger partial charge in [0.05, 0.1) is 29.6 Å². The lowest BCUT2D eigenvalue weighted by Crippen LogP contribution is -2.35. The number of anilines is 1. The highest BCUT2D eigenvalue weighted by molar-refractivity contribution is 6.03. The zero-order chi connectivity index (χ0) is 15.0. The fourth-order valence-electron chi connectivity index (χ4n) is 2.43. The summed E-state index contributed by atoms with van der Waals surface area (Å²) in [5.74, 6) is -0.0957. The van der Waals surface area contributed by atoms with Crippen LogP contribution in [-0.2, 0) is 4.74 Å². The monoisotopic (exact) mass is 291 g/mol. The van der Waals surface area contributed by atoms with Crippen LogP contribution >= 0.6 is 0 Å². The van der Waals surface area contributed by atoms with Crippen LogP contribution in [0.3, 0.4) is 0 Å². The van der Waals surface area contributed by atoms with E-state index in [0.29, 0.717) is 17.8 Å². The molecular weight excluding hydrogens is 274 g/mol. The maximum absolute atomic E-state index is 9.79. The molecule has 3 heterocycles. The molecule has 3 rings (SSSR count). The predicted octanol–water partition coefficient (Wildman–Crippen LogP) is -0.849. The van der Waals surface area contributed by atoms with Crippen molar-refractivity contribution in [1.82, 2.24) is 9.61 Å². The van der Waals surface area contributed by atoms with Gasteiger partial charge >= 0.3 is 0 Å². The molecule has 2 aromatic rings. The van der Waals surface area contributed by atoms with Crippen LogP contribution in [0.1, 0.15) is 5.56 Å². The second-order valence-electron chi connectivity index (χ2n) is 5.00. The molecule has 0 saturated carbocycles. The normalized spacial score (nSPS) is 25.3. The number of aromatic nitrogens is 2. The molecule has 0 amide bonds. The minimum Gasteiger partial charge on any atom is -0.388 e. The van der Waals surface area contributed by atoms with Gasteiger partial charge in [0.2, 0.25) is 0 Å². The van der Waals surface area contributed by atoms with Gasteiger partial charge in [-0.3, -0.25) is 5.41 Å². The van der Waals surface area contributed by atoms with E-state index >= 15 is 0 Å². The molecule has 8 nitrogen and oxygen atoms in total. The fraction of sp³-hybridized carbons (Fsp3) is 0.385. The van der Waals surface area contributed by atoms with Crippen LogP contribution in [0.15, 0.2) is 24.5 Å². The van der Waals surface area contributed by atoms with Gasteiger partial charge in [-0.15, -0.1) is 0 Å². The number of nitrogen functional groups attached to an aromatic ring is 1. The summed E-state index contributed by atoms with van der Waals surface area (Å²) in [6.45, 7) is 0.410. The summed E-state index contributed by atoms with van der Waals surface area (Å²) in [5.41, 5.74) is 7.49. The molecule has 1 saturated heterocycles. The fourth-order valence-corrected chi connectivity index (χ4v) is 2.43. The Balaban J connectivity index is 1.87. The molecule has 3 atom stereocenters. The lowest BCUT2D eigenvalue weighted by molar-refractivity contribution is 0.0293. The van der Waals surface area contributed by atoms with Crippen LogP contribution in [0.2, 0.25) is 0 Å². The Kier molecular flexibility index (Phi) is 3.50. The summed E-state index contributed by atoms with van der Waals surface area (Å²) in [6, 6.07) is 3.69. The summed E-state index contributed by atoms with van der Waals surface area (Å²) in [6.07, 6.45) is 0.994. The van der Waals surface area contributed by atoms with Crippen LogP contribution in [0.25, 0.3) is 5.52 Å². The van der Waals surface area contributed by atoms with Gasteiger partial charge in [-0.05, 0) is 12.1 Å². The van der Waals surface area contributed by atoms with Crippen molar-refractivity contribution in [3.05, 3.63) is 30.1 Å². The summed E-state index contributed by atoms with van der Waals surface area (Å²) in [5, 5.41) is 34.2. The van der Waals surface area contributed by atoms with Gasteiger partial charge in [0.25, 0.3) is 0 Å². The summed E-state index contributed by atoms with van der Waals surface area (Å²) >= 11 is 0. The van der Waals surface area contributed by atoms with Crippen molar-refractivity contribution in [2.24, 2.45) is 5.73 Å². The van der Waals surface area contributed by atoms with E-state index in [1.165, 1.54) is 6.20 Å². The Labute approximate surface area is 120 Å². The molecule has 112 valence electrons. The minimum atomic E-state index is -0.928. The standard InChI is InChI=1S/C13H17N5O3/c14-13(15)7-4-17-18-3-1-2-8(18)11(7)16-5-10-12(20)9(19)6-21-10/h1-4,9-10,12,16,19-20H,5-6H2,(H3,14,15). The summed E-state index contributed by atoms with van der Waals surface area (Å²) in [4.78, 5) is 0. The summed E-state index contributed by atoms with van der Waals surface area (Å²) in [7, 11) is 0. The van der Waals surface area contributed by atoms with E-state index in [0.717, 1.165) is 5.52 Å². The molecule has 8 heteroatoms. The first kappa shape index (κ1) is 13.8. The van der Waals surface area contributed by atoms with Crippen LogP contribution in [0.5, 0.6) is 0 Å². The lowest BCUT2D eigenvalue weighted by Gasteiger charge is -2.18. The van der Waals surface area contributed by atoms with Crippen molar-refractivity contribution < 1.29 is 14.9 Å². The first-order valence-corrected chi connectivity index (χ1v) is 6.60. The zero-order valence-electron chi connectivity index (χ0n) is 11.2. The van der Waals surface area contributed by atoms with E-state index in [9.17, 15) is 10.2 Å². The van der Waals surface area contributed by atoms with Gasteiger partial charge in [0, 0.05) is 12.7 Å². The SMILES string of the molecule is N=C(N)c1cnn2cccc2c1NCC1OCC(O)C1O. The highest BCUT2D eigenvalue weighted by Crippen LogP contribution is 2.23. The topological polar surface area (TPSA) is 129 Å². The van der Waals surface area contributed by atoms with Crippen molar-refractivity contribution >= 4 is 17.0 Å². The highest BCUT2D eigenvalue weighted by Gasteiger charge is 2.34.